The fourth-order valence-electron chi connectivity index (χ4n) is 2.32. The summed E-state index contributed by atoms with van der Waals surface area (Å²) in [6.45, 7) is 5.16. The van der Waals surface area contributed by atoms with Crippen LogP contribution in [0.25, 0.3) is 0 Å². The van der Waals surface area contributed by atoms with E-state index < -0.39 is 0 Å². The number of nitriles is 1. The number of hydrogen-bond donors (Lipinski definition) is 2. The monoisotopic (exact) mass is 271 g/mol. The molecule has 0 aromatic heterocycles. The van der Waals surface area contributed by atoms with Crippen LogP contribution in [0, 0.1) is 16.7 Å². The minimum absolute atomic E-state index is 0.0934. The molecule has 0 bridgehead atoms. The van der Waals surface area contributed by atoms with Crippen molar-refractivity contribution in [2.75, 3.05) is 17.2 Å². The lowest BCUT2D eigenvalue weighted by Crippen LogP contribution is -2.23. The molecule has 0 saturated carbocycles. The number of rotatable bonds is 5. The van der Waals surface area contributed by atoms with Crippen molar-refractivity contribution in [1.29, 1.82) is 5.26 Å². The maximum absolute atomic E-state index is 11.3. The lowest BCUT2D eigenvalue weighted by Gasteiger charge is -2.25. The predicted octanol–water partition coefficient (Wildman–Crippen LogP) is 3.31. The summed E-state index contributed by atoms with van der Waals surface area (Å²) in [6.07, 6.45) is 2.83. The molecule has 4 nitrogen and oxygen atoms in total. The van der Waals surface area contributed by atoms with Gasteiger partial charge in [0, 0.05) is 30.8 Å². The van der Waals surface area contributed by atoms with Crippen molar-refractivity contribution in [3.05, 3.63) is 23.8 Å². The maximum atomic E-state index is 11.3. The lowest BCUT2D eigenvalue weighted by atomic mass is 9.88. The summed E-state index contributed by atoms with van der Waals surface area (Å²) >= 11 is 0. The molecule has 1 heterocycles. The zero-order chi connectivity index (χ0) is 14.6. The van der Waals surface area contributed by atoms with Gasteiger partial charge in [-0.05, 0) is 42.0 Å². The topological polar surface area (TPSA) is 64.9 Å². The van der Waals surface area contributed by atoms with Crippen LogP contribution in [0.1, 0.15) is 38.7 Å². The average molecular weight is 271 g/mol. The van der Waals surface area contributed by atoms with E-state index in [1.165, 1.54) is 5.56 Å². The predicted molar refractivity (Wildman–Crippen MR) is 80.5 cm³/mol. The van der Waals surface area contributed by atoms with Gasteiger partial charge in [-0.25, -0.2) is 0 Å². The first-order valence-electron chi connectivity index (χ1n) is 7.04. The molecule has 0 saturated heterocycles. The zero-order valence-corrected chi connectivity index (χ0v) is 12.1. The van der Waals surface area contributed by atoms with Gasteiger partial charge in [-0.3, -0.25) is 4.79 Å². The van der Waals surface area contributed by atoms with Crippen LogP contribution < -0.4 is 10.6 Å². The van der Waals surface area contributed by atoms with E-state index in [0.29, 0.717) is 12.8 Å². The minimum Gasteiger partial charge on any atom is -0.384 e. The van der Waals surface area contributed by atoms with Crippen molar-refractivity contribution >= 4 is 17.3 Å². The number of carbonyl (C=O) groups is 1. The fourth-order valence-corrected chi connectivity index (χ4v) is 2.32. The molecule has 0 unspecified atom stereocenters. The molecule has 4 heteroatoms. The summed E-state index contributed by atoms with van der Waals surface area (Å²) < 4.78 is 0. The van der Waals surface area contributed by atoms with E-state index in [1.54, 1.807) is 0 Å². The van der Waals surface area contributed by atoms with Crippen molar-refractivity contribution in [3.63, 3.8) is 0 Å². The summed E-state index contributed by atoms with van der Waals surface area (Å²) in [5, 5.41) is 15.0. The Labute approximate surface area is 120 Å². The van der Waals surface area contributed by atoms with Crippen molar-refractivity contribution in [2.24, 2.45) is 5.41 Å². The Hall–Kier alpha value is -2.02. The van der Waals surface area contributed by atoms with Gasteiger partial charge < -0.3 is 10.6 Å². The first kappa shape index (κ1) is 14.4. The van der Waals surface area contributed by atoms with Crippen molar-refractivity contribution in [1.82, 2.24) is 0 Å². The Kier molecular flexibility index (Phi) is 4.29. The smallest absolute Gasteiger partial charge is 0.224 e. The third-order valence-corrected chi connectivity index (χ3v) is 3.69. The molecule has 2 rings (SSSR count). The molecule has 1 aromatic rings. The molecule has 0 atom stereocenters. The standard InChI is InChI=1S/C16H21N3O/c1-16(2,8-3-9-17)11-18-13-5-6-14-12(10-13)4-7-15(20)19-14/h5-6,10,18H,3-4,7-8,11H2,1-2H3,(H,19,20). The summed E-state index contributed by atoms with van der Waals surface area (Å²) in [5.74, 6) is 0.0934. The fraction of sp³-hybridized carbons (Fsp3) is 0.500. The Balaban J connectivity index is 1.97. The highest BCUT2D eigenvalue weighted by Gasteiger charge is 2.18. The summed E-state index contributed by atoms with van der Waals surface area (Å²) in [6, 6.07) is 8.25. The normalized spacial score (nSPS) is 14.2. The van der Waals surface area contributed by atoms with Crippen LogP contribution >= 0.6 is 0 Å². The van der Waals surface area contributed by atoms with Crippen LogP contribution in [-0.2, 0) is 11.2 Å². The highest BCUT2D eigenvalue weighted by Crippen LogP contribution is 2.27. The first-order chi connectivity index (χ1) is 9.50. The molecule has 106 valence electrons. The molecule has 0 radical (unpaired) electrons. The number of amides is 1. The van der Waals surface area contributed by atoms with Crippen LogP contribution in [0.4, 0.5) is 11.4 Å². The number of nitrogens with one attached hydrogen (secondary N) is 2. The Morgan fingerprint density at radius 1 is 1.40 bits per heavy atom. The van der Waals surface area contributed by atoms with Crippen LogP contribution in [0.15, 0.2) is 18.2 Å². The van der Waals surface area contributed by atoms with Gasteiger partial charge >= 0.3 is 0 Å². The van der Waals surface area contributed by atoms with Gasteiger partial charge in [0.1, 0.15) is 0 Å². The van der Waals surface area contributed by atoms with Gasteiger partial charge in [0.2, 0.25) is 5.91 Å². The molecule has 0 aliphatic carbocycles. The second-order valence-corrected chi connectivity index (χ2v) is 6.10. The highest BCUT2D eigenvalue weighted by atomic mass is 16.1. The molecule has 1 amide bonds. The SMILES string of the molecule is CC(C)(CCC#N)CNc1ccc2c(c1)CCC(=O)N2. The molecule has 1 aliphatic heterocycles. The van der Waals surface area contributed by atoms with Gasteiger partial charge in [-0.15, -0.1) is 0 Å². The van der Waals surface area contributed by atoms with E-state index in [4.69, 9.17) is 5.26 Å². The van der Waals surface area contributed by atoms with Gasteiger partial charge in [-0.2, -0.15) is 5.26 Å². The van der Waals surface area contributed by atoms with Crippen LogP contribution in [0.2, 0.25) is 0 Å². The average Bonchev–Trinajstić information content (AvgIpc) is 2.43. The van der Waals surface area contributed by atoms with Crippen molar-refractivity contribution in [3.8, 4) is 6.07 Å². The summed E-state index contributed by atoms with van der Waals surface area (Å²) in [4.78, 5) is 11.3. The van der Waals surface area contributed by atoms with Crippen molar-refractivity contribution < 1.29 is 4.79 Å². The molecule has 20 heavy (non-hydrogen) atoms. The number of carbonyl (C=O) groups excluding carboxylic acids is 1. The van der Waals surface area contributed by atoms with E-state index in [2.05, 4.69) is 36.6 Å². The highest BCUT2D eigenvalue weighted by molar-refractivity contribution is 5.94. The quantitative estimate of drug-likeness (QED) is 0.863. The summed E-state index contributed by atoms with van der Waals surface area (Å²) in [7, 11) is 0. The number of hydrogen-bond acceptors (Lipinski definition) is 3. The van der Waals surface area contributed by atoms with Crippen LogP contribution in [0.5, 0.6) is 0 Å². The van der Waals surface area contributed by atoms with E-state index in [0.717, 1.165) is 30.8 Å². The van der Waals surface area contributed by atoms with Gasteiger partial charge in [0.25, 0.3) is 0 Å². The largest absolute Gasteiger partial charge is 0.384 e. The molecule has 0 spiro atoms. The number of aryl methyl sites for hydroxylation is 1. The van der Waals surface area contributed by atoms with E-state index >= 15 is 0 Å². The number of anilines is 2. The Morgan fingerprint density at radius 2 is 2.20 bits per heavy atom. The van der Waals surface area contributed by atoms with Gasteiger partial charge in [-0.1, -0.05) is 13.8 Å². The molecule has 1 aliphatic rings. The molecule has 1 aromatic carbocycles. The maximum Gasteiger partial charge on any atom is 0.224 e. The van der Waals surface area contributed by atoms with E-state index in [-0.39, 0.29) is 11.3 Å². The molecular weight excluding hydrogens is 250 g/mol. The number of fused-ring (bicyclic) bond motifs is 1. The zero-order valence-electron chi connectivity index (χ0n) is 12.1. The second-order valence-electron chi connectivity index (χ2n) is 6.10. The number of nitrogens with zero attached hydrogens (tertiary/aromatic N) is 1. The van der Waals surface area contributed by atoms with Crippen LogP contribution in [0.3, 0.4) is 0 Å². The lowest BCUT2D eigenvalue weighted by molar-refractivity contribution is -0.116. The minimum atomic E-state index is 0.0934. The Bertz CT molecular complexity index is 543. The Morgan fingerprint density at radius 3 is 2.95 bits per heavy atom. The van der Waals surface area contributed by atoms with Gasteiger partial charge in [0.15, 0.2) is 0 Å². The molecular formula is C16H21N3O. The molecule has 0 fully saturated rings. The second kappa shape index (κ2) is 5.96. The van der Waals surface area contributed by atoms with E-state index in [9.17, 15) is 4.79 Å². The summed E-state index contributed by atoms with van der Waals surface area (Å²) in [5.41, 5.74) is 3.28. The van der Waals surface area contributed by atoms with Crippen LogP contribution in [-0.4, -0.2) is 12.5 Å². The van der Waals surface area contributed by atoms with E-state index in [1.807, 2.05) is 12.1 Å². The first-order valence-corrected chi connectivity index (χ1v) is 7.04. The third kappa shape index (κ3) is 3.74. The van der Waals surface area contributed by atoms with Crippen molar-refractivity contribution in [2.45, 2.75) is 39.5 Å². The van der Waals surface area contributed by atoms with Gasteiger partial charge in [0.05, 0.1) is 6.07 Å². The number of benzene rings is 1. The molecule has 2 N–H and O–H groups in total. The third-order valence-electron chi connectivity index (χ3n) is 3.69.